The van der Waals surface area contributed by atoms with Gasteiger partial charge >= 0.3 is 14.8 Å². The lowest BCUT2D eigenvalue weighted by Crippen LogP contribution is -2.46. The number of carbonyl (C=O) groups is 1. The van der Waals surface area contributed by atoms with Gasteiger partial charge in [-0.15, -0.1) is 0 Å². The van der Waals surface area contributed by atoms with E-state index in [0.29, 0.717) is 26.4 Å². The van der Waals surface area contributed by atoms with Crippen molar-refractivity contribution in [3.63, 3.8) is 0 Å². The van der Waals surface area contributed by atoms with Crippen LogP contribution in [0.3, 0.4) is 0 Å². The average molecular weight is 517 g/mol. The number of nitrogens with one attached hydrogen (secondary N) is 2. The fourth-order valence-electron chi connectivity index (χ4n) is 4.45. The third kappa shape index (κ3) is 22.3. The van der Waals surface area contributed by atoms with Crippen molar-refractivity contribution >= 4 is 14.8 Å². The minimum absolute atomic E-state index is 0.0811. The first kappa shape index (κ1) is 34.4. The van der Waals surface area contributed by atoms with E-state index in [1.54, 1.807) is 0 Å². The number of rotatable bonds is 27. The molecule has 0 aliphatic rings. The van der Waals surface area contributed by atoms with E-state index in [9.17, 15) is 4.79 Å². The molecule has 2 amide bonds. The molecule has 0 aromatic rings. The summed E-state index contributed by atoms with van der Waals surface area (Å²) in [4.78, 5) is 12.0. The highest BCUT2D eigenvalue weighted by Crippen LogP contribution is 2.18. The summed E-state index contributed by atoms with van der Waals surface area (Å²) in [5, 5.41) is 5.91. The molecule has 0 unspecified atom stereocenters. The highest BCUT2D eigenvalue weighted by Gasteiger charge is 2.39. The monoisotopic (exact) mass is 516 g/mol. The van der Waals surface area contributed by atoms with Crippen LogP contribution in [-0.4, -0.2) is 47.7 Å². The fourth-order valence-corrected chi connectivity index (χ4v) is 7.06. The van der Waals surface area contributed by atoms with Crippen molar-refractivity contribution in [1.82, 2.24) is 10.6 Å². The molecule has 0 aliphatic heterocycles. The molecule has 2 N–H and O–H groups in total. The quantitative estimate of drug-likeness (QED) is 0.0857. The maximum atomic E-state index is 12.0. The van der Waals surface area contributed by atoms with E-state index in [1.807, 2.05) is 20.8 Å². The largest absolute Gasteiger partial charge is 0.500 e. The Bertz CT molecular complexity index is 438. The zero-order valence-electron chi connectivity index (χ0n) is 23.9. The van der Waals surface area contributed by atoms with Crippen LogP contribution in [0, 0.1) is 0 Å². The number of hydrogen-bond acceptors (Lipinski definition) is 4. The van der Waals surface area contributed by atoms with Gasteiger partial charge in [0.1, 0.15) is 0 Å². The summed E-state index contributed by atoms with van der Waals surface area (Å²) >= 11 is 0. The molecule has 0 aromatic carbocycles. The molecule has 0 saturated heterocycles. The Labute approximate surface area is 219 Å². The van der Waals surface area contributed by atoms with Gasteiger partial charge in [-0.2, -0.15) is 0 Å². The fraction of sp³-hybridized carbons (Fsp3) is 0.964. The summed E-state index contributed by atoms with van der Waals surface area (Å²) in [6.07, 6.45) is 22.6. The molecule has 0 spiro atoms. The Morgan fingerprint density at radius 2 is 0.857 bits per heavy atom. The van der Waals surface area contributed by atoms with Gasteiger partial charge in [0.25, 0.3) is 0 Å². The van der Waals surface area contributed by atoms with Crippen LogP contribution in [0.1, 0.15) is 137 Å². The minimum atomic E-state index is -2.61. The Kier molecular flexibility index (Phi) is 26.0. The van der Waals surface area contributed by atoms with Crippen LogP contribution in [0.2, 0.25) is 6.04 Å². The second-order valence-electron chi connectivity index (χ2n) is 9.57. The van der Waals surface area contributed by atoms with Crippen molar-refractivity contribution in [2.24, 2.45) is 0 Å². The SMILES string of the molecule is CCCCCCCCCCCCCCCCCCNC(=O)NCCC[Si](OCC)(OCC)OCC. The van der Waals surface area contributed by atoms with E-state index in [-0.39, 0.29) is 6.03 Å². The van der Waals surface area contributed by atoms with E-state index in [1.165, 1.54) is 96.3 Å². The summed E-state index contributed by atoms with van der Waals surface area (Å²) in [6, 6.07) is 0.643. The summed E-state index contributed by atoms with van der Waals surface area (Å²) in [6.45, 7) is 11.3. The van der Waals surface area contributed by atoms with Crippen molar-refractivity contribution in [2.75, 3.05) is 32.9 Å². The van der Waals surface area contributed by atoms with Crippen molar-refractivity contribution in [3.8, 4) is 0 Å². The van der Waals surface area contributed by atoms with E-state index < -0.39 is 8.80 Å². The van der Waals surface area contributed by atoms with Gasteiger partial charge in [0.15, 0.2) is 0 Å². The third-order valence-corrected chi connectivity index (χ3v) is 9.51. The summed E-state index contributed by atoms with van der Waals surface area (Å²) in [7, 11) is -2.61. The van der Waals surface area contributed by atoms with Crippen LogP contribution in [0.4, 0.5) is 4.79 Å². The molecule has 0 aromatic heterocycles. The molecule has 0 heterocycles. The van der Waals surface area contributed by atoms with Crippen molar-refractivity contribution < 1.29 is 18.1 Å². The maximum Gasteiger partial charge on any atom is 0.500 e. The topological polar surface area (TPSA) is 68.8 Å². The molecule has 0 atom stereocenters. The second kappa shape index (κ2) is 26.4. The lowest BCUT2D eigenvalue weighted by molar-refractivity contribution is 0.0708. The first-order valence-electron chi connectivity index (χ1n) is 15.1. The molecule has 7 heteroatoms. The molecule has 0 saturated carbocycles. The molecule has 0 bridgehead atoms. The molecular formula is C28H60N2O4Si. The smallest absolute Gasteiger partial charge is 0.374 e. The normalized spacial score (nSPS) is 11.7. The standard InChI is InChI=1S/C28H60N2O4Si/c1-5-9-10-11-12-13-14-15-16-17-18-19-20-21-22-23-25-29-28(31)30-26-24-27-35(32-6-2,33-7-3)34-8-4/h5-27H2,1-4H3,(H2,29,30,31). The molecule has 0 aliphatic carbocycles. The van der Waals surface area contributed by atoms with E-state index >= 15 is 0 Å². The number of unbranched alkanes of at least 4 members (excludes halogenated alkanes) is 15. The van der Waals surface area contributed by atoms with Crippen LogP contribution in [0.25, 0.3) is 0 Å². The zero-order valence-corrected chi connectivity index (χ0v) is 24.9. The van der Waals surface area contributed by atoms with Crippen LogP contribution in [0.5, 0.6) is 0 Å². The minimum Gasteiger partial charge on any atom is -0.374 e. The zero-order chi connectivity index (χ0) is 25.9. The number of carbonyl (C=O) groups excluding carboxylic acids is 1. The maximum absolute atomic E-state index is 12.0. The van der Waals surface area contributed by atoms with Crippen molar-refractivity contribution in [1.29, 1.82) is 0 Å². The van der Waals surface area contributed by atoms with Crippen molar-refractivity contribution in [3.05, 3.63) is 0 Å². The predicted octanol–water partition coefficient (Wildman–Crippen LogP) is 7.99. The molecule has 0 rings (SSSR count). The van der Waals surface area contributed by atoms with Gasteiger partial charge in [-0.3, -0.25) is 0 Å². The first-order chi connectivity index (χ1) is 17.1. The van der Waals surface area contributed by atoms with Gasteiger partial charge in [-0.25, -0.2) is 4.79 Å². The molecule has 6 nitrogen and oxygen atoms in total. The lowest BCUT2D eigenvalue weighted by atomic mass is 10.0. The molecule has 35 heavy (non-hydrogen) atoms. The van der Waals surface area contributed by atoms with Gasteiger partial charge in [0.05, 0.1) is 0 Å². The van der Waals surface area contributed by atoms with Crippen LogP contribution in [-0.2, 0) is 13.3 Å². The highest BCUT2D eigenvalue weighted by molar-refractivity contribution is 6.60. The Balaban J connectivity index is 3.48. The second-order valence-corrected chi connectivity index (χ2v) is 12.3. The van der Waals surface area contributed by atoms with Crippen LogP contribution in [0.15, 0.2) is 0 Å². The Morgan fingerprint density at radius 1 is 0.514 bits per heavy atom. The van der Waals surface area contributed by atoms with Crippen LogP contribution < -0.4 is 10.6 Å². The molecule has 210 valence electrons. The Morgan fingerprint density at radius 3 is 1.23 bits per heavy atom. The van der Waals surface area contributed by atoms with Crippen molar-refractivity contribution in [2.45, 2.75) is 143 Å². The van der Waals surface area contributed by atoms with Gasteiger partial charge in [-0.1, -0.05) is 103 Å². The van der Waals surface area contributed by atoms with Gasteiger partial charge in [0.2, 0.25) is 0 Å². The van der Waals surface area contributed by atoms with E-state index in [0.717, 1.165) is 25.4 Å². The van der Waals surface area contributed by atoms with Gasteiger partial charge < -0.3 is 23.9 Å². The number of hydrogen-bond donors (Lipinski definition) is 2. The average Bonchev–Trinajstić information content (AvgIpc) is 2.84. The summed E-state index contributed by atoms with van der Waals surface area (Å²) in [5.41, 5.74) is 0. The number of amides is 2. The van der Waals surface area contributed by atoms with Gasteiger partial charge in [0, 0.05) is 39.0 Å². The van der Waals surface area contributed by atoms with Gasteiger partial charge in [-0.05, 0) is 33.6 Å². The lowest BCUT2D eigenvalue weighted by Gasteiger charge is -2.28. The highest BCUT2D eigenvalue weighted by atomic mass is 28.4. The molecular weight excluding hydrogens is 456 g/mol. The van der Waals surface area contributed by atoms with E-state index in [4.69, 9.17) is 13.3 Å². The number of urea groups is 1. The molecule has 0 radical (unpaired) electrons. The Hall–Kier alpha value is -0.633. The van der Waals surface area contributed by atoms with Crippen LogP contribution >= 0.6 is 0 Å². The van der Waals surface area contributed by atoms with E-state index in [2.05, 4.69) is 17.6 Å². The third-order valence-electron chi connectivity index (χ3n) is 6.35. The summed E-state index contributed by atoms with van der Waals surface area (Å²) in [5.74, 6) is 0. The molecule has 0 fully saturated rings. The summed E-state index contributed by atoms with van der Waals surface area (Å²) < 4.78 is 17.6. The first-order valence-corrected chi connectivity index (χ1v) is 17.0. The predicted molar refractivity (Wildman–Crippen MR) is 151 cm³/mol.